The van der Waals surface area contributed by atoms with Gasteiger partial charge in [0.25, 0.3) is 0 Å². The molecule has 0 spiro atoms. The first-order chi connectivity index (χ1) is 10.1. The van der Waals surface area contributed by atoms with Crippen LogP contribution in [0, 0.1) is 5.82 Å². The van der Waals surface area contributed by atoms with Crippen LogP contribution in [0.5, 0.6) is 0 Å². The second-order valence-electron chi connectivity index (χ2n) is 4.95. The Morgan fingerprint density at radius 1 is 1.29 bits per heavy atom. The van der Waals surface area contributed by atoms with Crippen molar-refractivity contribution >= 4 is 10.8 Å². The van der Waals surface area contributed by atoms with Gasteiger partial charge in [0.1, 0.15) is 5.82 Å². The number of hydrogen-bond acceptors (Lipinski definition) is 4. The van der Waals surface area contributed by atoms with E-state index in [-0.39, 0.29) is 17.6 Å². The van der Waals surface area contributed by atoms with Crippen LogP contribution in [0.2, 0.25) is 0 Å². The van der Waals surface area contributed by atoms with E-state index in [1.54, 1.807) is 6.07 Å². The van der Waals surface area contributed by atoms with E-state index < -0.39 is 11.8 Å². The maximum atomic E-state index is 14.1. The summed E-state index contributed by atoms with van der Waals surface area (Å²) in [5.41, 5.74) is 6.84. The Balaban J connectivity index is 2.09. The standard InChI is InChI=1S/C15H14FN3O2/c1-8(13(17)14-18-19-15(20)21-14)10-6-2-4-9-5-3-7-11(16)12(9)10/h2-8,13H,17H2,1H3,(H,19,20). The van der Waals surface area contributed by atoms with Gasteiger partial charge in [-0.05, 0) is 17.0 Å². The lowest BCUT2D eigenvalue weighted by Gasteiger charge is -2.19. The third-order valence-electron chi connectivity index (χ3n) is 3.66. The number of nitrogens with two attached hydrogens (primary N) is 1. The number of hydrogen-bond donors (Lipinski definition) is 2. The monoisotopic (exact) mass is 287 g/mol. The van der Waals surface area contributed by atoms with E-state index in [2.05, 4.69) is 10.2 Å². The molecule has 1 heterocycles. The number of nitrogens with zero attached hydrogens (tertiary/aromatic N) is 1. The number of nitrogens with one attached hydrogen (secondary N) is 1. The first-order valence-corrected chi connectivity index (χ1v) is 6.56. The number of aromatic nitrogens is 2. The topological polar surface area (TPSA) is 84.9 Å². The van der Waals surface area contributed by atoms with Crippen LogP contribution >= 0.6 is 0 Å². The van der Waals surface area contributed by atoms with E-state index >= 15 is 0 Å². The van der Waals surface area contributed by atoms with Crippen molar-refractivity contribution in [3.05, 3.63) is 64.2 Å². The smallest absolute Gasteiger partial charge is 0.391 e. The van der Waals surface area contributed by atoms with Gasteiger partial charge in [0.2, 0.25) is 5.89 Å². The molecule has 0 bridgehead atoms. The molecule has 6 heteroatoms. The van der Waals surface area contributed by atoms with E-state index in [0.717, 1.165) is 10.9 Å². The largest absolute Gasteiger partial charge is 0.434 e. The Hall–Kier alpha value is -2.47. The molecule has 0 radical (unpaired) electrons. The van der Waals surface area contributed by atoms with Crippen LogP contribution < -0.4 is 11.5 Å². The highest BCUT2D eigenvalue weighted by Gasteiger charge is 2.24. The predicted octanol–water partition coefficient (Wildman–Crippen LogP) is 2.46. The van der Waals surface area contributed by atoms with Crippen LogP contribution in [0.15, 0.2) is 45.6 Å². The third-order valence-corrected chi connectivity index (χ3v) is 3.66. The summed E-state index contributed by atoms with van der Waals surface area (Å²) < 4.78 is 19.0. The molecule has 1 aromatic heterocycles. The lowest BCUT2D eigenvalue weighted by atomic mass is 9.89. The Kier molecular flexibility index (Phi) is 3.31. The van der Waals surface area contributed by atoms with Gasteiger partial charge >= 0.3 is 5.76 Å². The highest BCUT2D eigenvalue weighted by molar-refractivity contribution is 5.86. The summed E-state index contributed by atoms with van der Waals surface area (Å²) in [4.78, 5) is 11.0. The van der Waals surface area contributed by atoms with Crippen LogP contribution in [-0.2, 0) is 0 Å². The number of rotatable bonds is 3. The zero-order valence-corrected chi connectivity index (χ0v) is 11.3. The normalized spacial score (nSPS) is 14.2. The lowest BCUT2D eigenvalue weighted by molar-refractivity contribution is 0.402. The summed E-state index contributed by atoms with van der Waals surface area (Å²) in [7, 11) is 0. The fraction of sp³-hybridized carbons (Fsp3) is 0.200. The molecule has 0 fully saturated rings. The average molecular weight is 287 g/mol. The minimum atomic E-state index is -0.656. The second kappa shape index (κ2) is 5.14. The molecule has 5 nitrogen and oxygen atoms in total. The zero-order chi connectivity index (χ0) is 15.0. The molecule has 21 heavy (non-hydrogen) atoms. The minimum Gasteiger partial charge on any atom is -0.391 e. The Morgan fingerprint density at radius 2 is 2.00 bits per heavy atom. The lowest BCUT2D eigenvalue weighted by Crippen LogP contribution is -2.18. The molecule has 0 aliphatic carbocycles. The summed E-state index contributed by atoms with van der Waals surface area (Å²) in [5, 5.41) is 7.25. The molecule has 0 aliphatic rings. The van der Waals surface area contributed by atoms with Gasteiger partial charge in [0.05, 0.1) is 6.04 Å². The van der Waals surface area contributed by atoms with Crippen molar-refractivity contribution in [3.8, 4) is 0 Å². The molecule has 2 unspecified atom stereocenters. The van der Waals surface area contributed by atoms with E-state index in [1.165, 1.54) is 6.07 Å². The highest BCUT2D eigenvalue weighted by Crippen LogP contribution is 2.33. The number of H-pyrrole nitrogens is 1. The highest BCUT2D eigenvalue weighted by atomic mass is 19.1. The Labute approximate surface area is 119 Å². The summed E-state index contributed by atoms with van der Waals surface area (Å²) in [6.07, 6.45) is 0. The van der Waals surface area contributed by atoms with Crippen LogP contribution in [0.4, 0.5) is 4.39 Å². The van der Waals surface area contributed by atoms with Crippen molar-refractivity contribution in [2.24, 2.45) is 5.73 Å². The maximum Gasteiger partial charge on any atom is 0.434 e. The molecule has 0 amide bonds. The van der Waals surface area contributed by atoms with Gasteiger partial charge < -0.3 is 10.2 Å². The molecule has 2 atom stereocenters. The summed E-state index contributed by atoms with van der Waals surface area (Å²) in [6, 6.07) is 9.79. The van der Waals surface area contributed by atoms with Crippen LogP contribution in [0.25, 0.3) is 10.8 Å². The molecule has 3 N–H and O–H groups in total. The van der Waals surface area contributed by atoms with Crippen molar-refractivity contribution in [2.45, 2.75) is 18.9 Å². The SMILES string of the molecule is CC(c1cccc2cccc(F)c12)C(N)c1n[nH]c(=O)o1. The van der Waals surface area contributed by atoms with Crippen molar-refractivity contribution in [3.63, 3.8) is 0 Å². The molecule has 0 aliphatic heterocycles. The first-order valence-electron chi connectivity index (χ1n) is 6.56. The summed E-state index contributed by atoms with van der Waals surface area (Å²) in [5.74, 6) is -1.11. The minimum absolute atomic E-state index is 0.112. The fourth-order valence-corrected chi connectivity index (χ4v) is 2.49. The summed E-state index contributed by atoms with van der Waals surface area (Å²) >= 11 is 0. The summed E-state index contributed by atoms with van der Waals surface area (Å²) in [6.45, 7) is 1.85. The van der Waals surface area contributed by atoms with Crippen molar-refractivity contribution in [2.75, 3.05) is 0 Å². The fourth-order valence-electron chi connectivity index (χ4n) is 2.49. The first kappa shape index (κ1) is 13.5. The molecular weight excluding hydrogens is 273 g/mol. The van der Waals surface area contributed by atoms with Crippen LogP contribution in [0.1, 0.15) is 30.3 Å². The molecule has 0 saturated carbocycles. The molecular formula is C15H14FN3O2. The third kappa shape index (κ3) is 2.34. The van der Waals surface area contributed by atoms with Gasteiger partial charge in [-0.15, -0.1) is 5.10 Å². The molecule has 3 rings (SSSR count). The Morgan fingerprint density at radius 3 is 2.67 bits per heavy atom. The van der Waals surface area contributed by atoms with Gasteiger partial charge in [0.15, 0.2) is 0 Å². The van der Waals surface area contributed by atoms with Gasteiger partial charge in [-0.2, -0.15) is 0 Å². The van der Waals surface area contributed by atoms with Crippen molar-refractivity contribution in [1.82, 2.24) is 10.2 Å². The Bertz CT molecular complexity index is 835. The molecule has 2 aromatic carbocycles. The van der Waals surface area contributed by atoms with Crippen molar-refractivity contribution < 1.29 is 8.81 Å². The number of aromatic amines is 1. The zero-order valence-electron chi connectivity index (χ0n) is 11.3. The van der Waals surface area contributed by atoms with E-state index in [1.807, 2.05) is 31.2 Å². The molecule has 0 saturated heterocycles. The second-order valence-corrected chi connectivity index (χ2v) is 4.95. The van der Waals surface area contributed by atoms with E-state index in [4.69, 9.17) is 10.2 Å². The van der Waals surface area contributed by atoms with Crippen LogP contribution in [0.3, 0.4) is 0 Å². The molecule has 3 aromatic rings. The average Bonchev–Trinajstić information content (AvgIpc) is 2.92. The molecule has 108 valence electrons. The van der Waals surface area contributed by atoms with E-state index in [0.29, 0.717) is 5.39 Å². The van der Waals surface area contributed by atoms with Gasteiger partial charge in [-0.3, -0.25) is 0 Å². The van der Waals surface area contributed by atoms with Crippen LogP contribution in [-0.4, -0.2) is 10.2 Å². The maximum absolute atomic E-state index is 14.1. The number of fused-ring (bicyclic) bond motifs is 1. The van der Waals surface area contributed by atoms with Crippen molar-refractivity contribution in [1.29, 1.82) is 0 Å². The number of benzene rings is 2. The van der Waals surface area contributed by atoms with Gasteiger partial charge in [0, 0.05) is 11.3 Å². The predicted molar refractivity (Wildman–Crippen MR) is 76.4 cm³/mol. The van der Waals surface area contributed by atoms with E-state index in [9.17, 15) is 9.18 Å². The quantitative estimate of drug-likeness (QED) is 0.775. The van der Waals surface area contributed by atoms with Gasteiger partial charge in [-0.25, -0.2) is 14.3 Å². The van der Waals surface area contributed by atoms with Gasteiger partial charge in [-0.1, -0.05) is 37.3 Å². The number of halogens is 1.